The zero-order valence-electron chi connectivity index (χ0n) is 10.4. The number of hydrogen-bond donors (Lipinski definition) is 2. The highest BCUT2D eigenvalue weighted by atomic mass is 16.2. The molecule has 0 radical (unpaired) electrons. The lowest BCUT2D eigenvalue weighted by Gasteiger charge is -2.16. The quantitative estimate of drug-likeness (QED) is 0.782. The third kappa shape index (κ3) is 4.22. The minimum atomic E-state index is -0.443. The first-order valence-electron chi connectivity index (χ1n) is 5.43. The summed E-state index contributed by atoms with van der Waals surface area (Å²) in [7, 11) is 0. The van der Waals surface area contributed by atoms with E-state index < -0.39 is 5.41 Å². The van der Waals surface area contributed by atoms with Crippen molar-refractivity contribution in [1.29, 1.82) is 0 Å². The minimum absolute atomic E-state index is 0.0846. The van der Waals surface area contributed by atoms with E-state index in [-0.39, 0.29) is 5.91 Å². The van der Waals surface area contributed by atoms with Gasteiger partial charge in [-0.2, -0.15) is 0 Å². The average molecular weight is 234 g/mol. The Morgan fingerprint density at radius 3 is 2.41 bits per heavy atom. The molecule has 5 heteroatoms. The normalized spacial score (nSPS) is 10.8. The van der Waals surface area contributed by atoms with E-state index in [1.807, 2.05) is 20.8 Å². The van der Waals surface area contributed by atoms with E-state index in [1.165, 1.54) is 0 Å². The fraction of sp³-hybridized carbons (Fsp3) is 0.417. The van der Waals surface area contributed by atoms with E-state index in [2.05, 4.69) is 27.4 Å². The number of anilines is 2. The molecule has 1 aromatic heterocycles. The summed E-state index contributed by atoms with van der Waals surface area (Å²) < 4.78 is 0. The molecule has 0 aliphatic rings. The van der Waals surface area contributed by atoms with Crippen molar-refractivity contribution in [3.8, 4) is 0 Å². The van der Waals surface area contributed by atoms with Crippen LogP contribution in [0.15, 0.2) is 24.8 Å². The van der Waals surface area contributed by atoms with Crippen LogP contribution in [0.25, 0.3) is 0 Å². The Hall–Kier alpha value is -1.91. The number of carbonyl (C=O) groups excluding carboxylic acids is 1. The van der Waals surface area contributed by atoms with Gasteiger partial charge in [0, 0.05) is 12.0 Å². The Morgan fingerprint density at radius 2 is 1.94 bits per heavy atom. The summed E-state index contributed by atoms with van der Waals surface area (Å²) in [5, 5.41) is 13.5. The third-order valence-electron chi connectivity index (χ3n) is 2.01. The van der Waals surface area contributed by atoms with Crippen molar-refractivity contribution in [2.45, 2.75) is 20.8 Å². The van der Waals surface area contributed by atoms with Crippen molar-refractivity contribution in [2.75, 3.05) is 17.2 Å². The predicted octanol–water partition coefficient (Wildman–Crippen LogP) is 2.06. The number of nitrogens with zero attached hydrogens (tertiary/aromatic N) is 2. The summed E-state index contributed by atoms with van der Waals surface area (Å²) in [5.41, 5.74) is -0.443. The van der Waals surface area contributed by atoms with Gasteiger partial charge in [0.1, 0.15) is 5.82 Å². The lowest BCUT2D eigenvalue weighted by atomic mass is 9.96. The van der Waals surface area contributed by atoms with Crippen LogP contribution < -0.4 is 10.6 Å². The Balaban J connectivity index is 2.62. The van der Waals surface area contributed by atoms with Crippen LogP contribution in [0.1, 0.15) is 20.8 Å². The van der Waals surface area contributed by atoms with E-state index in [1.54, 1.807) is 18.2 Å². The highest BCUT2D eigenvalue weighted by molar-refractivity contribution is 5.93. The first kappa shape index (κ1) is 13.2. The Morgan fingerprint density at radius 1 is 1.35 bits per heavy atom. The first-order chi connectivity index (χ1) is 7.93. The van der Waals surface area contributed by atoms with Crippen molar-refractivity contribution in [3.05, 3.63) is 24.8 Å². The molecule has 2 N–H and O–H groups in total. The van der Waals surface area contributed by atoms with E-state index >= 15 is 0 Å². The summed E-state index contributed by atoms with van der Waals surface area (Å²) in [6.07, 6.45) is 1.73. The number of amides is 1. The van der Waals surface area contributed by atoms with Gasteiger partial charge in [0.2, 0.25) is 5.91 Å². The molecule has 0 spiro atoms. The van der Waals surface area contributed by atoms with Crippen LogP contribution >= 0.6 is 0 Å². The second-order valence-corrected chi connectivity index (χ2v) is 4.68. The molecule has 0 saturated heterocycles. The second-order valence-electron chi connectivity index (χ2n) is 4.68. The molecule has 1 aromatic rings. The topological polar surface area (TPSA) is 66.9 Å². The van der Waals surface area contributed by atoms with Crippen molar-refractivity contribution in [3.63, 3.8) is 0 Å². The first-order valence-corrected chi connectivity index (χ1v) is 5.43. The van der Waals surface area contributed by atoms with Crippen LogP contribution in [-0.4, -0.2) is 22.6 Å². The minimum Gasteiger partial charge on any atom is -0.365 e. The van der Waals surface area contributed by atoms with Crippen LogP contribution in [0.4, 0.5) is 11.6 Å². The van der Waals surface area contributed by atoms with Crippen molar-refractivity contribution >= 4 is 17.5 Å². The number of hydrogen-bond acceptors (Lipinski definition) is 4. The third-order valence-corrected chi connectivity index (χ3v) is 2.01. The molecule has 0 atom stereocenters. The summed E-state index contributed by atoms with van der Waals surface area (Å²) in [6.45, 7) is 9.75. The molecule has 92 valence electrons. The van der Waals surface area contributed by atoms with Gasteiger partial charge in [-0.05, 0) is 12.1 Å². The van der Waals surface area contributed by atoms with Gasteiger partial charge in [-0.25, -0.2) is 0 Å². The van der Waals surface area contributed by atoms with E-state index in [0.717, 1.165) is 0 Å². The molecule has 5 nitrogen and oxygen atoms in total. The molecule has 0 unspecified atom stereocenters. The molecule has 0 fully saturated rings. The zero-order chi connectivity index (χ0) is 12.9. The molecule has 1 heterocycles. The molecular formula is C12H18N4O. The fourth-order valence-corrected chi connectivity index (χ4v) is 0.974. The van der Waals surface area contributed by atoms with Crippen molar-refractivity contribution in [2.24, 2.45) is 5.41 Å². The monoisotopic (exact) mass is 234 g/mol. The van der Waals surface area contributed by atoms with E-state index in [9.17, 15) is 4.79 Å². The van der Waals surface area contributed by atoms with Crippen LogP contribution in [0.3, 0.4) is 0 Å². The van der Waals surface area contributed by atoms with Gasteiger partial charge in [-0.1, -0.05) is 26.8 Å². The Kier molecular flexibility index (Phi) is 4.20. The Bertz CT molecular complexity index is 392. The standard InChI is InChI=1S/C12H18N4O/c1-5-8-13-9-6-7-10(16-15-9)14-11(17)12(2,3)4/h5-7H,1,8H2,2-4H3,(H,13,15)(H,14,16,17). The molecule has 17 heavy (non-hydrogen) atoms. The molecular weight excluding hydrogens is 216 g/mol. The maximum absolute atomic E-state index is 11.7. The van der Waals surface area contributed by atoms with Crippen LogP contribution in [-0.2, 0) is 4.79 Å². The number of aromatic nitrogens is 2. The molecule has 0 bridgehead atoms. The zero-order valence-corrected chi connectivity index (χ0v) is 10.4. The average Bonchev–Trinajstić information content (AvgIpc) is 2.27. The van der Waals surface area contributed by atoms with E-state index in [4.69, 9.17) is 0 Å². The number of rotatable bonds is 4. The second kappa shape index (κ2) is 5.43. The fourth-order valence-electron chi connectivity index (χ4n) is 0.974. The molecule has 1 rings (SSSR count). The molecule has 0 saturated carbocycles. The maximum atomic E-state index is 11.7. The largest absolute Gasteiger partial charge is 0.365 e. The van der Waals surface area contributed by atoms with Gasteiger partial charge in [0.05, 0.1) is 0 Å². The van der Waals surface area contributed by atoms with Gasteiger partial charge in [0.25, 0.3) is 0 Å². The lowest BCUT2D eigenvalue weighted by molar-refractivity contribution is -0.123. The molecule has 0 aliphatic carbocycles. The highest BCUT2D eigenvalue weighted by Crippen LogP contribution is 2.16. The van der Waals surface area contributed by atoms with Gasteiger partial charge in [-0.3, -0.25) is 4.79 Å². The Labute approximate surface area is 101 Å². The number of carbonyl (C=O) groups is 1. The van der Waals surface area contributed by atoms with Crippen molar-refractivity contribution < 1.29 is 4.79 Å². The van der Waals surface area contributed by atoms with Crippen LogP contribution in [0, 0.1) is 5.41 Å². The summed E-state index contributed by atoms with van der Waals surface area (Å²) in [6, 6.07) is 3.47. The summed E-state index contributed by atoms with van der Waals surface area (Å²) >= 11 is 0. The van der Waals surface area contributed by atoms with Crippen LogP contribution in [0.5, 0.6) is 0 Å². The number of nitrogens with one attached hydrogen (secondary N) is 2. The predicted molar refractivity (Wildman–Crippen MR) is 68.8 cm³/mol. The van der Waals surface area contributed by atoms with Gasteiger partial charge in [0.15, 0.2) is 5.82 Å². The lowest BCUT2D eigenvalue weighted by Crippen LogP contribution is -2.28. The van der Waals surface area contributed by atoms with Crippen molar-refractivity contribution in [1.82, 2.24) is 10.2 Å². The van der Waals surface area contributed by atoms with Gasteiger partial charge in [-0.15, -0.1) is 16.8 Å². The SMILES string of the molecule is C=CCNc1ccc(NC(=O)C(C)(C)C)nn1. The maximum Gasteiger partial charge on any atom is 0.230 e. The van der Waals surface area contributed by atoms with E-state index in [0.29, 0.717) is 18.2 Å². The summed E-state index contributed by atoms with van der Waals surface area (Å²) in [5.74, 6) is 1.02. The smallest absolute Gasteiger partial charge is 0.230 e. The van der Waals surface area contributed by atoms with Gasteiger partial charge < -0.3 is 10.6 Å². The highest BCUT2D eigenvalue weighted by Gasteiger charge is 2.21. The van der Waals surface area contributed by atoms with Gasteiger partial charge >= 0.3 is 0 Å². The molecule has 1 amide bonds. The molecule has 0 aromatic carbocycles. The van der Waals surface area contributed by atoms with Crippen LogP contribution in [0.2, 0.25) is 0 Å². The summed E-state index contributed by atoms with van der Waals surface area (Å²) in [4.78, 5) is 11.7. The molecule has 0 aliphatic heterocycles.